The highest BCUT2D eigenvalue weighted by atomic mass is 79.9. The lowest BCUT2D eigenvalue weighted by molar-refractivity contribution is -0.384. The summed E-state index contributed by atoms with van der Waals surface area (Å²) in [7, 11) is 2.15. The average molecular weight is 342 g/mol. The van der Waals surface area contributed by atoms with E-state index in [1.165, 1.54) is 25.5 Å². The molecule has 1 aliphatic rings. The summed E-state index contributed by atoms with van der Waals surface area (Å²) in [5.74, 6) is 0.607. The van der Waals surface area contributed by atoms with Gasteiger partial charge >= 0.3 is 0 Å². The zero-order chi connectivity index (χ0) is 14.7. The van der Waals surface area contributed by atoms with E-state index in [1.54, 1.807) is 12.1 Å². The molecule has 0 amide bonds. The zero-order valence-electron chi connectivity index (χ0n) is 11.8. The summed E-state index contributed by atoms with van der Waals surface area (Å²) in [6.07, 6.45) is 2.46. The molecule has 6 heteroatoms. The molecule has 20 heavy (non-hydrogen) atoms. The maximum atomic E-state index is 10.7. The number of anilines is 1. The van der Waals surface area contributed by atoms with Crippen molar-refractivity contribution in [2.75, 3.05) is 25.5 Å². The SMILES string of the molecule is CC(Nc1ccc([N+](=O)[O-])cc1Br)C1CCCN(C)C1. The van der Waals surface area contributed by atoms with E-state index in [0.29, 0.717) is 12.0 Å². The van der Waals surface area contributed by atoms with E-state index in [4.69, 9.17) is 0 Å². The van der Waals surface area contributed by atoms with Gasteiger partial charge < -0.3 is 10.2 Å². The van der Waals surface area contributed by atoms with Crippen molar-refractivity contribution in [3.8, 4) is 0 Å². The van der Waals surface area contributed by atoms with E-state index in [2.05, 4.69) is 40.1 Å². The molecule has 2 rings (SSSR count). The van der Waals surface area contributed by atoms with Gasteiger partial charge in [-0.2, -0.15) is 0 Å². The summed E-state index contributed by atoms with van der Waals surface area (Å²) < 4.78 is 0.739. The van der Waals surface area contributed by atoms with Crippen LogP contribution in [0.5, 0.6) is 0 Å². The van der Waals surface area contributed by atoms with Crippen molar-refractivity contribution in [2.45, 2.75) is 25.8 Å². The van der Waals surface area contributed by atoms with Gasteiger partial charge in [0.15, 0.2) is 0 Å². The number of nitrogens with zero attached hydrogens (tertiary/aromatic N) is 2. The van der Waals surface area contributed by atoms with Gasteiger partial charge in [0.1, 0.15) is 0 Å². The number of halogens is 1. The van der Waals surface area contributed by atoms with Crippen LogP contribution in [-0.4, -0.2) is 36.0 Å². The maximum absolute atomic E-state index is 10.7. The van der Waals surface area contributed by atoms with Crippen LogP contribution in [0.15, 0.2) is 22.7 Å². The highest BCUT2D eigenvalue weighted by Gasteiger charge is 2.23. The largest absolute Gasteiger partial charge is 0.381 e. The van der Waals surface area contributed by atoms with Crippen molar-refractivity contribution in [3.05, 3.63) is 32.8 Å². The first-order valence-electron chi connectivity index (χ1n) is 6.86. The number of hydrogen-bond donors (Lipinski definition) is 1. The van der Waals surface area contributed by atoms with E-state index < -0.39 is 0 Å². The normalized spacial score (nSPS) is 21.4. The first kappa shape index (κ1) is 15.3. The van der Waals surface area contributed by atoms with Crippen LogP contribution in [0, 0.1) is 16.0 Å². The van der Waals surface area contributed by atoms with Crippen LogP contribution >= 0.6 is 15.9 Å². The maximum Gasteiger partial charge on any atom is 0.270 e. The molecule has 2 unspecified atom stereocenters. The Bertz CT molecular complexity index is 495. The Balaban J connectivity index is 2.03. The smallest absolute Gasteiger partial charge is 0.270 e. The molecule has 1 fully saturated rings. The molecule has 0 aliphatic carbocycles. The Morgan fingerprint density at radius 1 is 1.55 bits per heavy atom. The third-order valence-corrected chi connectivity index (χ3v) is 4.57. The number of benzene rings is 1. The van der Waals surface area contributed by atoms with Gasteiger partial charge in [-0.1, -0.05) is 0 Å². The average Bonchev–Trinajstić information content (AvgIpc) is 2.40. The summed E-state index contributed by atoms with van der Waals surface area (Å²) in [4.78, 5) is 12.7. The van der Waals surface area contributed by atoms with Gasteiger partial charge in [0.25, 0.3) is 5.69 Å². The third kappa shape index (κ3) is 3.70. The third-order valence-electron chi connectivity index (χ3n) is 3.91. The molecule has 0 aromatic heterocycles. The second-order valence-corrected chi connectivity index (χ2v) is 6.37. The molecule has 1 aromatic carbocycles. The predicted molar refractivity (Wildman–Crippen MR) is 84.1 cm³/mol. The minimum atomic E-state index is -0.381. The number of hydrogen-bond acceptors (Lipinski definition) is 4. The van der Waals surface area contributed by atoms with E-state index in [9.17, 15) is 10.1 Å². The summed E-state index contributed by atoms with van der Waals surface area (Å²) in [6, 6.07) is 5.19. The van der Waals surface area contributed by atoms with Gasteiger partial charge in [-0.3, -0.25) is 10.1 Å². The van der Waals surface area contributed by atoms with Gasteiger partial charge in [-0.15, -0.1) is 0 Å². The monoisotopic (exact) mass is 341 g/mol. The molecule has 110 valence electrons. The standard InChI is InChI=1S/C14H20BrN3O2/c1-10(11-4-3-7-17(2)9-11)16-14-6-5-12(18(19)20)8-13(14)15/h5-6,8,10-11,16H,3-4,7,9H2,1-2H3. The van der Waals surface area contributed by atoms with Crippen molar-refractivity contribution in [1.82, 2.24) is 4.90 Å². The number of nitro groups is 1. The van der Waals surface area contributed by atoms with Crippen LogP contribution in [0.1, 0.15) is 19.8 Å². The number of rotatable bonds is 4. The molecule has 1 N–H and O–H groups in total. The molecule has 1 heterocycles. The number of likely N-dealkylation sites (tertiary alicyclic amines) is 1. The molecule has 0 bridgehead atoms. The Labute approximate surface area is 127 Å². The van der Waals surface area contributed by atoms with Crippen LogP contribution in [-0.2, 0) is 0 Å². The van der Waals surface area contributed by atoms with E-state index in [1.807, 2.05) is 0 Å². The number of piperidine rings is 1. The summed E-state index contributed by atoms with van der Waals surface area (Å²) in [5, 5.41) is 14.2. The van der Waals surface area contributed by atoms with Gasteiger partial charge in [0, 0.05) is 34.9 Å². The molecule has 0 spiro atoms. The van der Waals surface area contributed by atoms with E-state index in [-0.39, 0.29) is 10.6 Å². The topological polar surface area (TPSA) is 58.4 Å². The Morgan fingerprint density at radius 2 is 2.30 bits per heavy atom. The zero-order valence-corrected chi connectivity index (χ0v) is 13.4. The highest BCUT2D eigenvalue weighted by Crippen LogP contribution is 2.29. The van der Waals surface area contributed by atoms with Crippen molar-refractivity contribution in [2.24, 2.45) is 5.92 Å². The van der Waals surface area contributed by atoms with Crippen LogP contribution in [0.25, 0.3) is 0 Å². The minimum absolute atomic E-state index is 0.104. The first-order chi connectivity index (χ1) is 9.47. The van der Waals surface area contributed by atoms with Crippen molar-refractivity contribution < 1.29 is 4.92 Å². The molecule has 1 aromatic rings. The van der Waals surface area contributed by atoms with Gasteiger partial charge in [0.2, 0.25) is 0 Å². The number of nitrogens with one attached hydrogen (secondary N) is 1. The van der Waals surface area contributed by atoms with Gasteiger partial charge in [0.05, 0.1) is 4.92 Å². The summed E-state index contributed by atoms with van der Waals surface area (Å²) in [6.45, 7) is 4.45. The molecular formula is C14H20BrN3O2. The Morgan fingerprint density at radius 3 is 2.90 bits per heavy atom. The Kier molecular flexibility index (Phi) is 4.99. The fourth-order valence-corrected chi connectivity index (χ4v) is 3.19. The first-order valence-corrected chi connectivity index (χ1v) is 7.65. The van der Waals surface area contributed by atoms with Gasteiger partial charge in [-0.25, -0.2) is 0 Å². The second-order valence-electron chi connectivity index (χ2n) is 5.52. The molecular weight excluding hydrogens is 322 g/mol. The van der Waals surface area contributed by atoms with E-state index in [0.717, 1.165) is 16.7 Å². The van der Waals surface area contributed by atoms with Crippen LogP contribution < -0.4 is 5.32 Å². The van der Waals surface area contributed by atoms with Crippen LogP contribution in [0.4, 0.5) is 11.4 Å². The lowest BCUT2D eigenvalue weighted by Crippen LogP contribution is -2.39. The fourth-order valence-electron chi connectivity index (χ4n) is 2.71. The molecule has 2 atom stereocenters. The van der Waals surface area contributed by atoms with Crippen LogP contribution in [0.3, 0.4) is 0 Å². The number of non-ortho nitro benzene ring substituents is 1. The lowest BCUT2D eigenvalue weighted by Gasteiger charge is -2.34. The van der Waals surface area contributed by atoms with E-state index >= 15 is 0 Å². The van der Waals surface area contributed by atoms with Crippen molar-refractivity contribution >= 4 is 27.3 Å². The highest BCUT2D eigenvalue weighted by molar-refractivity contribution is 9.10. The molecule has 1 saturated heterocycles. The van der Waals surface area contributed by atoms with Crippen LogP contribution in [0.2, 0.25) is 0 Å². The fraction of sp³-hybridized carbons (Fsp3) is 0.571. The quantitative estimate of drug-likeness (QED) is 0.672. The Hall–Kier alpha value is -1.14. The van der Waals surface area contributed by atoms with Gasteiger partial charge in [-0.05, 0) is 61.3 Å². The minimum Gasteiger partial charge on any atom is -0.381 e. The molecule has 0 radical (unpaired) electrons. The summed E-state index contributed by atoms with van der Waals surface area (Å²) >= 11 is 3.40. The lowest BCUT2D eigenvalue weighted by atomic mass is 9.92. The summed E-state index contributed by atoms with van der Waals surface area (Å²) in [5.41, 5.74) is 1.02. The molecule has 5 nitrogen and oxygen atoms in total. The molecule has 1 aliphatic heterocycles. The second kappa shape index (κ2) is 6.54. The predicted octanol–water partition coefficient (Wildman–Crippen LogP) is 3.50. The van der Waals surface area contributed by atoms with Crippen molar-refractivity contribution in [1.29, 1.82) is 0 Å². The van der Waals surface area contributed by atoms with Crippen molar-refractivity contribution in [3.63, 3.8) is 0 Å². The molecule has 0 saturated carbocycles. The number of nitro benzene ring substituents is 1.